The second-order valence-corrected chi connectivity index (χ2v) is 6.75. The first-order valence-corrected chi connectivity index (χ1v) is 7.59. The van der Waals surface area contributed by atoms with Gasteiger partial charge in [0.2, 0.25) is 0 Å². The summed E-state index contributed by atoms with van der Waals surface area (Å²) in [5.74, 6) is 1.31. The number of aromatic hydroxyl groups is 2. The molecule has 2 bridgehead atoms. The van der Waals surface area contributed by atoms with Gasteiger partial charge in [0, 0.05) is 51.3 Å². The zero-order valence-corrected chi connectivity index (χ0v) is 14.9. The third-order valence-electron chi connectivity index (χ3n) is 5.85. The fourth-order valence-electron chi connectivity index (χ4n) is 5.18. The molecular formula is C17H19O3Y-. The molecule has 2 saturated carbocycles. The third-order valence-corrected chi connectivity index (χ3v) is 5.85. The number of ketones is 1. The van der Waals surface area contributed by atoms with Gasteiger partial charge in [-0.25, -0.2) is 0 Å². The monoisotopic (exact) mass is 360 g/mol. The smallest absolute Gasteiger partial charge is 0.132 e. The largest absolute Gasteiger partial charge is 0.562 e. The van der Waals surface area contributed by atoms with E-state index in [2.05, 4.69) is 6.07 Å². The number of carbonyl (C=O) groups excluding carboxylic acids is 1. The molecule has 1 aromatic carbocycles. The molecule has 3 atom stereocenters. The van der Waals surface area contributed by atoms with Gasteiger partial charge in [-0.2, -0.15) is 11.6 Å². The molecule has 109 valence electrons. The summed E-state index contributed by atoms with van der Waals surface area (Å²) in [7, 11) is 0. The first-order valence-electron chi connectivity index (χ1n) is 7.59. The van der Waals surface area contributed by atoms with Crippen molar-refractivity contribution in [2.24, 2.45) is 11.8 Å². The second-order valence-electron chi connectivity index (χ2n) is 6.75. The Balaban J connectivity index is 0.00000132. The van der Waals surface area contributed by atoms with Crippen molar-refractivity contribution in [3.63, 3.8) is 0 Å². The molecule has 4 rings (SSSR count). The molecule has 0 spiro atoms. The minimum atomic E-state index is -0.231. The van der Waals surface area contributed by atoms with Gasteiger partial charge >= 0.3 is 0 Å². The summed E-state index contributed by atoms with van der Waals surface area (Å²) in [5.41, 5.74) is 1.63. The van der Waals surface area contributed by atoms with Gasteiger partial charge in [0.05, 0.1) is 5.75 Å². The molecule has 3 unspecified atom stereocenters. The third kappa shape index (κ3) is 2.11. The minimum absolute atomic E-state index is 0. The summed E-state index contributed by atoms with van der Waals surface area (Å²) in [6.45, 7) is 0. The molecule has 2 fully saturated rings. The predicted octanol–water partition coefficient (Wildman–Crippen LogP) is 2.86. The molecule has 4 heteroatoms. The van der Waals surface area contributed by atoms with E-state index in [0.29, 0.717) is 30.5 Å². The van der Waals surface area contributed by atoms with E-state index in [1.54, 1.807) is 0 Å². The predicted molar refractivity (Wildman–Crippen MR) is 73.7 cm³/mol. The molecule has 1 radical (unpaired) electrons. The molecule has 0 saturated heterocycles. The van der Waals surface area contributed by atoms with Crippen molar-refractivity contribution in [2.75, 3.05) is 0 Å². The van der Waals surface area contributed by atoms with Crippen LogP contribution in [0.2, 0.25) is 0 Å². The standard InChI is InChI=1S/C17H19O3.Y/c18-12-4-5-13-10-2-1-7-17(13,9-12)15-11(8-10)3-6-14(19)16(15)20;/h6,10,13,19-20H,1-2,4-5,7-9H2;/q-1;. The van der Waals surface area contributed by atoms with Crippen LogP contribution in [-0.4, -0.2) is 16.0 Å². The van der Waals surface area contributed by atoms with Gasteiger partial charge < -0.3 is 10.2 Å². The Labute approximate surface area is 150 Å². The molecule has 21 heavy (non-hydrogen) atoms. The van der Waals surface area contributed by atoms with E-state index in [1.165, 1.54) is 12.5 Å². The van der Waals surface area contributed by atoms with Crippen LogP contribution < -0.4 is 0 Å². The quantitative estimate of drug-likeness (QED) is 0.553. The Morgan fingerprint density at radius 3 is 2.90 bits per heavy atom. The SMILES string of the molecule is O=C1CCC2C3CCCC2(C1)c1c([c-]cc(O)c1O)C3.[Y]. The maximum Gasteiger partial charge on any atom is 0.132 e. The van der Waals surface area contributed by atoms with Crippen molar-refractivity contribution < 1.29 is 47.7 Å². The zero-order chi connectivity index (χ0) is 13.9. The molecule has 0 amide bonds. The van der Waals surface area contributed by atoms with Gasteiger partial charge in [-0.3, -0.25) is 4.79 Å². The molecule has 3 nitrogen and oxygen atoms in total. The van der Waals surface area contributed by atoms with Gasteiger partial charge in [-0.15, -0.1) is 11.6 Å². The van der Waals surface area contributed by atoms with Gasteiger partial charge in [0.15, 0.2) is 0 Å². The number of hydrogen-bond acceptors (Lipinski definition) is 3. The Morgan fingerprint density at radius 1 is 1.29 bits per heavy atom. The summed E-state index contributed by atoms with van der Waals surface area (Å²) < 4.78 is 0. The van der Waals surface area contributed by atoms with Crippen molar-refractivity contribution in [1.29, 1.82) is 0 Å². The Hall–Kier alpha value is -0.406. The van der Waals surface area contributed by atoms with Crippen molar-refractivity contribution in [1.82, 2.24) is 0 Å². The molecule has 0 heterocycles. The van der Waals surface area contributed by atoms with Gasteiger partial charge in [0.1, 0.15) is 5.78 Å². The molecule has 0 aromatic heterocycles. The molecule has 0 aliphatic heterocycles. The number of hydrogen-bond donors (Lipinski definition) is 2. The fraction of sp³-hybridized carbons (Fsp3) is 0.588. The van der Waals surface area contributed by atoms with E-state index >= 15 is 0 Å². The van der Waals surface area contributed by atoms with Crippen LogP contribution in [0.15, 0.2) is 6.07 Å². The van der Waals surface area contributed by atoms with Crippen molar-refractivity contribution in [3.8, 4) is 11.5 Å². The molecule has 2 N–H and O–H groups in total. The van der Waals surface area contributed by atoms with E-state index in [-0.39, 0.29) is 49.6 Å². The normalized spacial score (nSPS) is 33.6. The Kier molecular flexibility index (Phi) is 3.94. The molecule has 1 aromatic rings. The molecule has 3 aliphatic carbocycles. The summed E-state index contributed by atoms with van der Waals surface area (Å²) in [6.07, 6.45) is 6.38. The summed E-state index contributed by atoms with van der Waals surface area (Å²) >= 11 is 0. The number of benzene rings is 1. The van der Waals surface area contributed by atoms with E-state index in [9.17, 15) is 15.0 Å². The number of rotatable bonds is 0. The second kappa shape index (κ2) is 5.35. The first kappa shape index (κ1) is 15.5. The average Bonchev–Trinajstić information content (AvgIpc) is 2.41. The van der Waals surface area contributed by atoms with E-state index in [0.717, 1.165) is 36.8 Å². The maximum atomic E-state index is 12.1. The van der Waals surface area contributed by atoms with Crippen LogP contribution in [-0.2, 0) is 49.3 Å². The summed E-state index contributed by atoms with van der Waals surface area (Å²) in [6, 6.07) is 4.61. The van der Waals surface area contributed by atoms with Crippen LogP contribution in [0.4, 0.5) is 0 Å². The van der Waals surface area contributed by atoms with Crippen LogP contribution in [0.25, 0.3) is 0 Å². The first-order chi connectivity index (χ1) is 9.62. The van der Waals surface area contributed by atoms with Crippen molar-refractivity contribution >= 4 is 5.78 Å². The molecular weight excluding hydrogens is 341 g/mol. The average molecular weight is 360 g/mol. The number of fused-ring (bicyclic) bond motifs is 1. The summed E-state index contributed by atoms with van der Waals surface area (Å²) in [4.78, 5) is 12.1. The minimum Gasteiger partial charge on any atom is -0.562 e. The van der Waals surface area contributed by atoms with E-state index in [4.69, 9.17) is 0 Å². The van der Waals surface area contributed by atoms with Crippen molar-refractivity contribution in [3.05, 3.63) is 23.3 Å². The van der Waals surface area contributed by atoms with Gasteiger partial charge in [-0.1, -0.05) is 12.8 Å². The van der Waals surface area contributed by atoms with Crippen LogP contribution in [0.1, 0.15) is 49.7 Å². The van der Waals surface area contributed by atoms with Gasteiger partial charge in [-0.05, 0) is 36.5 Å². The zero-order valence-electron chi connectivity index (χ0n) is 12.1. The number of phenolic OH excluding ortho intramolecular Hbond substituents is 2. The van der Waals surface area contributed by atoms with Crippen LogP contribution >= 0.6 is 0 Å². The number of Topliss-reactive ketones (excluding diaryl/α,β-unsaturated/α-hetero) is 1. The van der Waals surface area contributed by atoms with Crippen LogP contribution in [0.5, 0.6) is 11.5 Å². The number of phenols is 2. The molecule has 3 aliphatic rings. The van der Waals surface area contributed by atoms with Crippen LogP contribution in [0.3, 0.4) is 0 Å². The summed E-state index contributed by atoms with van der Waals surface area (Å²) in [5, 5.41) is 20.3. The van der Waals surface area contributed by atoms with Crippen LogP contribution in [0, 0.1) is 17.9 Å². The van der Waals surface area contributed by atoms with Gasteiger partial charge in [0.25, 0.3) is 0 Å². The fourth-order valence-corrected chi connectivity index (χ4v) is 5.18. The maximum absolute atomic E-state index is 12.1. The Morgan fingerprint density at radius 2 is 2.10 bits per heavy atom. The van der Waals surface area contributed by atoms with E-state index < -0.39 is 0 Å². The van der Waals surface area contributed by atoms with E-state index in [1.807, 2.05) is 0 Å². The Bertz CT molecular complexity index is 598. The topological polar surface area (TPSA) is 57.5 Å². The van der Waals surface area contributed by atoms with Crippen molar-refractivity contribution in [2.45, 2.75) is 50.4 Å². The number of carbonyl (C=O) groups is 1.